The van der Waals surface area contributed by atoms with Crippen molar-refractivity contribution in [3.05, 3.63) is 48.0 Å². The summed E-state index contributed by atoms with van der Waals surface area (Å²) < 4.78 is 11.1. The van der Waals surface area contributed by atoms with Gasteiger partial charge in [0.25, 0.3) is 0 Å². The molecule has 3 N–H and O–H groups in total. The van der Waals surface area contributed by atoms with E-state index in [9.17, 15) is 9.90 Å². The maximum Gasteiger partial charge on any atom is 0.321 e. The van der Waals surface area contributed by atoms with Gasteiger partial charge in [0.15, 0.2) is 0 Å². The second-order valence-electron chi connectivity index (χ2n) is 5.55. The molecule has 0 aliphatic carbocycles. The Kier molecular flexibility index (Phi) is 5.82. The highest BCUT2D eigenvalue weighted by Gasteiger charge is 2.26. The van der Waals surface area contributed by atoms with Gasteiger partial charge in [0.2, 0.25) is 0 Å². The molecule has 2 aromatic carbocycles. The zero-order valence-electron chi connectivity index (χ0n) is 14.2. The van der Waals surface area contributed by atoms with Gasteiger partial charge in [0, 0.05) is 5.92 Å². The maximum atomic E-state index is 11.3. The molecule has 0 aromatic heterocycles. The molecule has 0 radical (unpaired) electrons. The molecule has 0 spiro atoms. The molecule has 2 aromatic rings. The van der Waals surface area contributed by atoms with E-state index in [1.165, 1.54) is 0 Å². The molecule has 24 heavy (non-hydrogen) atoms. The molecule has 5 nitrogen and oxygen atoms in total. The third-order valence-corrected chi connectivity index (χ3v) is 4.18. The third kappa shape index (κ3) is 3.51. The molecule has 0 aliphatic heterocycles. The van der Waals surface area contributed by atoms with E-state index in [1.807, 2.05) is 49.4 Å². The molecule has 0 saturated carbocycles. The van der Waals surface area contributed by atoms with Crippen LogP contribution in [0.3, 0.4) is 0 Å². The third-order valence-electron chi connectivity index (χ3n) is 4.18. The topological polar surface area (TPSA) is 81.8 Å². The molecule has 5 heteroatoms. The highest BCUT2D eigenvalue weighted by molar-refractivity contribution is 5.79. The van der Waals surface area contributed by atoms with Crippen molar-refractivity contribution in [2.45, 2.75) is 25.3 Å². The summed E-state index contributed by atoms with van der Waals surface area (Å²) in [6, 6.07) is 12.5. The van der Waals surface area contributed by atoms with E-state index < -0.39 is 12.0 Å². The van der Waals surface area contributed by atoms with Crippen molar-refractivity contribution in [3.63, 3.8) is 0 Å². The number of methoxy groups -OCH3 is 2. The van der Waals surface area contributed by atoms with Crippen molar-refractivity contribution in [2.24, 2.45) is 5.73 Å². The monoisotopic (exact) mass is 329 g/mol. The van der Waals surface area contributed by atoms with E-state index in [2.05, 4.69) is 0 Å². The van der Waals surface area contributed by atoms with Gasteiger partial charge in [-0.1, -0.05) is 37.3 Å². The van der Waals surface area contributed by atoms with Gasteiger partial charge in [-0.2, -0.15) is 0 Å². The normalized spacial score (nSPS) is 13.2. The number of benzene rings is 2. The van der Waals surface area contributed by atoms with Crippen LogP contribution in [0.5, 0.6) is 11.5 Å². The molecular weight excluding hydrogens is 306 g/mol. The van der Waals surface area contributed by atoms with Crippen LogP contribution in [0.25, 0.3) is 11.1 Å². The zero-order valence-corrected chi connectivity index (χ0v) is 14.2. The van der Waals surface area contributed by atoms with Gasteiger partial charge in [-0.3, -0.25) is 4.79 Å². The van der Waals surface area contributed by atoms with Crippen LogP contribution in [-0.4, -0.2) is 31.3 Å². The van der Waals surface area contributed by atoms with Crippen LogP contribution in [0.4, 0.5) is 0 Å². The molecule has 128 valence electrons. The van der Waals surface area contributed by atoms with Crippen LogP contribution in [0.2, 0.25) is 0 Å². The second-order valence-corrected chi connectivity index (χ2v) is 5.55. The molecule has 2 atom stereocenters. The van der Waals surface area contributed by atoms with Crippen LogP contribution >= 0.6 is 0 Å². The molecular formula is C19H23NO4. The first kappa shape index (κ1) is 17.8. The number of carboxylic acids is 1. The minimum atomic E-state index is -1.02. The fourth-order valence-corrected chi connectivity index (χ4v) is 2.90. The number of ether oxygens (including phenoxy) is 2. The fraction of sp³-hybridized carbons (Fsp3) is 0.316. The zero-order chi connectivity index (χ0) is 17.7. The van der Waals surface area contributed by atoms with E-state index in [4.69, 9.17) is 15.2 Å². The standard InChI is InChI=1S/C19H23NO4/c1-4-14(18(20)19(21)22)13-10-15(23-2)17(16(11-13)24-3)12-8-6-5-7-9-12/h5-11,14,18H,4,20H2,1-3H3,(H,21,22)/t14?,18-/m0/s1. The van der Waals surface area contributed by atoms with Gasteiger partial charge in [-0.25, -0.2) is 0 Å². The molecule has 0 amide bonds. The van der Waals surface area contributed by atoms with Gasteiger partial charge in [0.05, 0.1) is 19.8 Å². The lowest BCUT2D eigenvalue weighted by Gasteiger charge is -2.23. The predicted octanol–water partition coefficient (Wildman–Crippen LogP) is 3.28. The van der Waals surface area contributed by atoms with E-state index in [-0.39, 0.29) is 5.92 Å². The van der Waals surface area contributed by atoms with Gasteiger partial charge < -0.3 is 20.3 Å². The SMILES string of the molecule is CCC(c1cc(OC)c(-c2ccccc2)c(OC)c1)[C@H](N)C(=O)O. The van der Waals surface area contributed by atoms with Crippen LogP contribution in [0.1, 0.15) is 24.8 Å². The summed E-state index contributed by atoms with van der Waals surface area (Å²) in [5, 5.41) is 9.24. The van der Waals surface area contributed by atoms with E-state index in [1.54, 1.807) is 14.2 Å². The molecule has 0 saturated heterocycles. The molecule has 1 unspecified atom stereocenters. The predicted molar refractivity (Wildman–Crippen MR) is 93.6 cm³/mol. The lowest BCUT2D eigenvalue weighted by Crippen LogP contribution is -2.36. The number of nitrogens with two attached hydrogens (primary N) is 1. The fourth-order valence-electron chi connectivity index (χ4n) is 2.90. The first-order valence-corrected chi connectivity index (χ1v) is 7.83. The van der Waals surface area contributed by atoms with Gasteiger partial charge in [0.1, 0.15) is 17.5 Å². The van der Waals surface area contributed by atoms with E-state index >= 15 is 0 Å². The summed E-state index contributed by atoms with van der Waals surface area (Å²) in [7, 11) is 3.17. The number of aliphatic carboxylic acids is 1. The number of hydrogen-bond acceptors (Lipinski definition) is 4. The molecule has 0 bridgehead atoms. The number of carboxylic acid groups (broad SMARTS) is 1. The lowest BCUT2D eigenvalue weighted by atomic mass is 9.87. The van der Waals surface area contributed by atoms with Gasteiger partial charge >= 0.3 is 5.97 Å². The Labute approximate surface area is 142 Å². The summed E-state index contributed by atoms with van der Waals surface area (Å²) in [5.74, 6) is -0.0831. The minimum absolute atomic E-state index is 0.324. The lowest BCUT2D eigenvalue weighted by molar-refractivity contribution is -0.139. The van der Waals surface area contributed by atoms with E-state index in [0.717, 1.165) is 16.7 Å². The molecule has 0 heterocycles. The summed E-state index contributed by atoms with van der Waals surface area (Å²) in [6.45, 7) is 1.91. The average Bonchev–Trinajstić information content (AvgIpc) is 2.61. The van der Waals surface area contributed by atoms with Crippen LogP contribution < -0.4 is 15.2 Å². The number of rotatable bonds is 7. The van der Waals surface area contributed by atoms with Crippen LogP contribution in [0.15, 0.2) is 42.5 Å². The van der Waals surface area contributed by atoms with Gasteiger partial charge in [-0.05, 0) is 29.7 Å². The van der Waals surface area contributed by atoms with Crippen molar-refractivity contribution in [1.82, 2.24) is 0 Å². The highest BCUT2D eigenvalue weighted by atomic mass is 16.5. The summed E-state index contributed by atoms with van der Waals surface area (Å²) >= 11 is 0. The summed E-state index contributed by atoms with van der Waals surface area (Å²) in [4.78, 5) is 11.3. The Balaban J connectivity index is 2.60. The first-order valence-electron chi connectivity index (χ1n) is 7.83. The van der Waals surface area contributed by atoms with Crippen molar-refractivity contribution >= 4 is 5.97 Å². The average molecular weight is 329 g/mol. The van der Waals surface area contributed by atoms with Crippen LogP contribution in [0, 0.1) is 0 Å². The maximum absolute atomic E-state index is 11.3. The van der Waals surface area contributed by atoms with Crippen molar-refractivity contribution in [3.8, 4) is 22.6 Å². The van der Waals surface area contributed by atoms with E-state index in [0.29, 0.717) is 17.9 Å². The highest BCUT2D eigenvalue weighted by Crippen LogP contribution is 2.41. The second kappa shape index (κ2) is 7.84. The van der Waals surface area contributed by atoms with Crippen molar-refractivity contribution in [1.29, 1.82) is 0 Å². The quantitative estimate of drug-likeness (QED) is 0.814. The minimum Gasteiger partial charge on any atom is -0.496 e. The summed E-state index contributed by atoms with van der Waals surface area (Å²) in [5.41, 5.74) is 8.45. The Morgan fingerprint density at radius 3 is 2.08 bits per heavy atom. The number of hydrogen-bond donors (Lipinski definition) is 2. The molecule has 0 fully saturated rings. The largest absolute Gasteiger partial charge is 0.496 e. The Hall–Kier alpha value is -2.53. The smallest absolute Gasteiger partial charge is 0.321 e. The van der Waals surface area contributed by atoms with Crippen LogP contribution in [-0.2, 0) is 4.79 Å². The van der Waals surface area contributed by atoms with Crippen molar-refractivity contribution < 1.29 is 19.4 Å². The molecule has 2 rings (SSSR count). The summed E-state index contributed by atoms with van der Waals surface area (Å²) in [6.07, 6.45) is 0.602. The Bertz CT molecular complexity index is 675. The molecule has 0 aliphatic rings. The first-order chi connectivity index (χ1) is 11.5. The van der Waals surface area contributed by atoms with Crippen molar-refractivity contribution in [2.75, 3.05) is 14.2 Å². The number of carbonyl (C=O) groups is 1. The van der Waals surface area contributed by atoms with Gasteiger partial charge in [-0.15, -0.1) is 0 Å². The Morgan fingerprint density at radius 2 is 1.67 bits per heavy atom. The Morgan fingerprint density at radius 1 is 1.12 bits per heavy atom.